The van der Waals surface area contributed by atoms with Crippen LogP contribution in [0.2, 0.25) is 0 Å². The van der Waals surface area contributed by atoms with Gasteiger partial charge in [0, 0.05) is 36.6 Å². The van der Waals surface area contributed by atoms with Gasteiger partial charge < -0.3 is 10.6 Å². The molecule has 0 bridgehead atoms. The van der Waals surface area contributed by atoms with Crippen molar-refractivity contribution < 1.29 is 4.79 Å². The second-order valence-electron chi connectivity index (χ2n) is 5.93. The van der Waals surface area contributed by atoms with Gasteiger partial charge in [-0.2, -0.15) is 11.8 Å². The Hall–Kier alpha value is -0.220. The molecule has 0 aromatic heterocycles. The largest absolute Gasteiger partial charge is 0.353 e. The fourth-order valence-electron chi connectivity index (χ4n) is 2.82. The zero-order chi connectivity index (χ0) is 12.3. The summed E-state index contributed by atoms with van der Waals surface area (Å²) in [5.74, 6) is 2.47. The highest BCUT2D eigenvalue weighted by molar-refractivity contribution is 7.99. The van der Waals surface area contributed by atoms with Gasteiger partial charge in [-0.3, -0.25) is 4.79 Å². The van der Waals surface area contributed by atoms with E-state index < -0.39 is 0 Å². The zero-order valence-electron chi connectivity index (χ0n) is 10.9. The SMILES string of the molecule is CC1(C)CCCC1NC(=O)CC1CSCCN1. The molecule has 17 heavy (non-hydrogen) atoms. The number of carbonyl (C=O) groups excluding carboxylic acids is 1. The predicted octanol–water partition coefficient (Wildman–Crippen LogP) is 1.78. The van der Waals surface area contributed by atoms with Gasteiger partial charge in [0.05, 0.1) is 0 Å². The van der Waals surface area contributed by atoms with Gasteiger partial charge in [-0.25, -0.2) is 0 Å². The monoisotopic (exact) mass is 256 g/mol. The zero-order valence-corrected chi connectivity index (χ0v) is 11.7. The van der Waals surface area contributed by atoms with Crippen molar-refractivity contribution in [1.29, 1.82) is 0 Å². The molecule has 1 amide bonds. The minimum Gasteiger partial charge on any atom is -0.353 e. The molecule has 2 rings (SSSR count). The summed E-state index contributed by atoms with van der Waals surface area (Å²) < 4.78 is 0. The molecule has 1 saturated carbocycles. The van der Waals surface area contributed by atoms with E-state index in [1.54, 1.807) is 0 Å². The van der Waals surface area contributed by atoms with Gasteiger partial charge >= 0.3 is 0 Å². The van der Waals surface area contributed by atoms with Crippen LogP contribution in [-0.4, -0.2) is 36.0 Å². The molecule has 2 fully saturated rings. The average molecular weight is 256 g/mol. The summed E-state index contributed by atoms with van der Waals surface area (Å²) in [7, 11) is 0. The summed E-state index contributed by atoms with van der Waals surface area (Å²) in [4.78, 5) is 12.0. The van der Waals surface area contributed by atoms with Crippen molar-refractivity contribution in [3.8, 4) is 0 Å². The molecule has 2 atom stereocenters. The van der Waals surface area contributed by atoms with Crippen LogP contribution in [0.1, 0.15) is 39.5 Å². The number of hydrogen-bond donors (Lipinski definition) is 2. The number of thioether (sulfide) groups is 1. The number of carbonyl (C=O) groups is 1. The van der Waals surface area contributed by atoms with Crippen molar-refractivity contribution in [3.63, 3.8) is 0 Å². The van der Waals surface area contributed by atoms with Crippen LogP contribution in [-0.2, 0) is 4.79 Å². The fourth-order valence-corrected chi connectivity index (χ4v) is 3.77. The Kier molecular flexibility index (Phi) is 4.36. The first-order valence-corrected chi connectivity index (χ1v) is 7.84. The van der Waals surface area contributed by atoms with E-state index in [1.807, 2.05) is 11.8 Å². The number of amides is 1. The lowest BCUT2D eigenvalue weighted by Crippen LogP contribution is -2.46. The van der Waals surface area contributed by atoms with Crippen LogP contribution in [0.3, 0.4) is 0 Å². The van der Waals surface area contributed by atoms with E-state index in [0.717, 1.165) is 18.7 Å². The second-order valence-corrected chi connectivity index (χ2v) is 7.08. The highest BCUT2D eigenvalue weighted by Gasteiger charge is 2.35. The predicted molar refractivity (Wildman–Crippen MR) is 73.3 cm³/mol. The number of nitrogens with one attached hydrogen (secondary N) is 2. The first-order valence-electron chi connectivity index (χ1n) is 6.68. The van der Waals surface area contributed by atoms with Crippen molar-refractivity contribution in [2.75, 3.05) is 18.1 Å². The maximum absolute atomic E-state index is 12.0. The van der Waals surface area contributed by atoms with E-state index in [9.17, 15) is 4.79 Å². The van der Waals surface area contributed by atoms with Gasteiger partial charge in [-0.15, -0.1) is 0 Å². The van der Waals surface area contributed by atoms with Gasteiger partial charge in [0.25, 0.3) is 0 Å². The summed E-state index contributed by atoms with van der Waals surface area (Å²) >= 11 is 1.95. The molecule has 1 aliphatic carbocycles. The maximum atomic E-state index is 12.0. The summed E-state index contributed by atoms with van der Waals surface area (Å²) in [6.07, 6.45) is 4.26. The molecule has 3 nitrogen and oxygen atoms in total. The standard InChI is InChI=1S/C13H24N2OS/c1-13(2)5-3-4-11(13)15-12(16)8-10-9-17-7-6-14-10/h10-11,14H,3-9H2,1-2H3,(H,15,16). The summed E-state index contributed by atoms with van der Waals surface area (Å²) in [5.41, 5.74) is 0.282. The van der Waals surface area contributed by atoms with Crippen molar-refractivity contribution in [3.05, 3.63) is 0 Å². The van der Waals surface area contributed by atoms with Crippen LogP contribution in [0.15, 0.2) is 0 Å². The Morgan fingerprint density at radius 1 is 1.53 bits per heavy atom. The molecule has 2 aliphatic rings. The first-order chi connectivity index (χ1) is 8.08. The topological polar surface area (TPSA) is 41.1 Å². The lowest BCUT2D eigenvalue weighted by Gasteiger charge is -2.29. The highest BCUT2D eigenvalue weighted by Crippen LogP contribution is 2.37. The fraction of sp³-hybridized carbons (Fsp3) is 0.923. The number of rotatable bonds is 3. The third-order valence-electron chi connectivity index (χ3n) is 4.02. The number of hydrogen-bond acceptors (Lipinski definition) is 3. The molecule has 0 aromatic carbocycles. The van der Waals surface area contributed by atoms with Crippen LogP contribution >= 0.6 is 11.8 Å². The molecule has 98 valence electrons. The normalized spacial score (nSPS) is 32.4. The van der Waals surface area contributed by atoms with Crippen molar-refractivity contribution in [2.24, 2.45) is 5.41 Å². The molecule has 1 aliphatic heterocycles. The molecule has 4 heteroatoms. The highest BCUT2D eigenvalue weighted by atomic mass is 32.2. The van der Waals surface area contributed by atoms with E-state index in [4.69, 9.17) is 0 Å². The average Bonchev–Trinajstić information content (AvgIpc) is 2.59. The first kappa shape index (κ1) is 13.2. The Morgan fingerprint density at radius 3 is 2.94 bits per heavy atom. The third kappa shape index (κ3) is 3.62. The van der Waals surface area contributed by atoms with E-state index in [2.05, 4.69) is 24.5 Å². The summed E-state index contributed by atoms with van der Waals surface area (Å²) in [6.45, 7) is 5.57. The lowest BCUT2D eigenvalue weighted by atomic mass is 9.87. The molecule has 2 N–H and O–H groups in total. The Labute approximate surface area is 108 Å². The molecule has 0 radical (unpaired) electrons. The van der Waals surface area contributed by atoms with Crippen LogP contribution in [0.4, 0.5) is 0 Å². The molecule has 1 saturated heterocycles. The molecule has 0 aromatic rings. The smallest absolute Gasteiger partial charge is 0.221 e. The van der Waals surface area contributed by atoms with E-state index in [0.29, 0.717) is 18.5 Å². The Balaban J connectivity index is 1.76. The molecule has 0 spiro atoms. The molecular weight excluding hydrogens is 232 g/mol. The Bertz CT molecular complexity index is 275. The van der Waals surface area contributed by atoms with Gasteiger partial charge in [0.15, 0.2) is 0 Å². The van der Waals surface area contributed by atoms with Gasteiger partial charge in [-0.1, -0.05) is 20.3 Å². The van der Waals surface area contributed by atoms with Crippen LogP contribution in [0.25, 0.3) is 0 Å². The van der Waals surface area contributed by atoms with E-state index >= 15 is 0 Å². The maximum Gasteiger partial charge on any atom is 0.221 e. The van der Waals surface area contributed by atoms with Crippen molar-refractivity contribution in [2.45, 2.75) is 51.6 Å². The lowest BCUT2D eigenvalue weighted by molar-refractivity contribution is -0.122. The third-order valence-corrected chi connectivity index (χ3v) is 5.15. The Morgan fingerprint density at radius 2 is 2.35 bits per heavy atom. The molecular formula is C13H24N2OS. The molecule has 2 unspecified atom stereocenters. The second kappa shape index (κ2) is 5.61. The summed E-state index contributed by atoms with van der Waals surface area (Å²) in [6, 6.07) is 0.754. The summed E-state index contributed by atoms with van der Waals surface area (Å²) in [5, 5.41) is 6.64. The van der Waals surface area contributed by atoms with Gasteiger partial charge in [-0.05, 0) is 18.3 Å². The van der Waals surface area contributed by atoms with Gasteiger partial charge in [0.1, 0.15) is 0 Å². The van der Waals surface area contributed by atoms with Crippen molar-refractivity contribution in [1.82, 2.24) is 10.6 Å². The van der Waals surface area contributed by atoms with E-state index in [-0.39, 0.29) is 11.3 Å². The minimum atomic E-state index is 0.227. The molecule has 1 heterocycles. The van der Waals surface area contributed by atoms with Gasteiger partial charge in [0.2, 0.25) is 5.91 Å². The van der Waals surface area contributed by atoms with E-state index in [1.165, 1.54) is 18.6 Å². The van der Waals surface area contributed by atoms with Crippen LogP contribution < -0.4 is 10.6 Å². The van der Waals surface area contributed by atoms with Crippen LogP contribution in [0.5, 0.6) is 0 Å². The van der Waals surface area contributed by atoms with Crippen LogP contribution in [0, 0.1) is 5.41 Å². The van der Waals surface area contributed by atoms with Crippen molar-refractivity contribution >= 4 is 17.7 Å². The quantitative estimate of drug-likeness (QED) is 0.809. The minimum absolute atomic E-state index is 0.227.